The van der Waals surface area contributed by atoms with E-state index in [1.165, 1.54) is 47.5 Å². The monoisotopic (exact) mass is 687 g/mol. The Kier molecular flexibility index (Phi) is 10.7. The lowest BCUT2D eigenvalue weighted by atomic mass is 10.0. The Morgan fingerprint density at radius 3 is 2.23 bits per heavy atom. The summed E-state index contributed by atoms with van der Waals surface area (Å²) in [6.45, 7) is 10.5. The highest BCUT2D eigenvalue weighted by atomic mass is 32.2. The number of amides is 4. The van der Waals surface area contributed by atoms with Crippen LogP contribution < -0.4 is 20.3 Å². The molecule has 4 amide bonds. The molecule has 3 N–H and O–H groups in total. The number of rotatable bonds is 5. The van der Waals surface area contributed by atoms with E-state index in [1.807, 2.05) is 27.7 Å². The third kappa shape index (κ3) is 8.35. The van der Waals surface area contributed by atoms with Crippen LogP contribution in [-0.2, 0) is 14.8 Å². The normalized spacial score (nSPS) is 19.9. The maximum absolute atomic E-state index is 13.8. The number of carbonyl (C=O) groups excluding carboxylic acids is 4. The molecular weight excluding hydrogens is 647 g/mol. The number of aryl methyl sites for hydroxylation is 1. The first-order valence-electron chi connectivity index (χ1n) is 15.1. The SMILES string of the molecule is Cc1oc2nc1C(=O)N[C@H](C)CN(C(=O)c1ccc(N(C)S(C)(=O)=O)cc1)CC(=O)N[C@@H](C(C)C)c1nc(cs1)C(=O)N[C@@H]2C(C)C. The van der Waals surface area contributed by atoms with Gasteiger partial charge in [-0.05, 0) is 49.9 Å². The second kappa shape index (κ2) is 14.2. The summed E-state index contributed by atoms with van der Waals surface area (Å²) in [5.74, 6) is -1.79. The number of aromatic nitrogens is 2. The maximum Gasteiger partial charge on any atom is 0.273 e. The fourth-order valence-electron chi connectivity index (χ4n) is 5.01. The van der Waals surface area contributed by atoms with Crippen molar-refractivity contribution in [1.29, 1.82) is 0 Å². The summed E-state index contributed by atoms with van der Waals surface area (Å²) in [7, 11) is -2.11. The molecule has 1 aliphatic rings. The fraction of sp³-hybridized carbons (Fsp3) is 0.484. The molecule has 0 saturated heterocycles. The molecule has 0 spiro atoms. The van der Waals surface area contributed by atoms with Crippen molar-refractivity contribution in [3.63, 3.8) is 0 Å². The van der Waals surface area contributed by atoms with E-state index >= 15 is 0 Å². The molecule has 3 aromatic rings. The van der Waals surface area contributed by atoms with Crippen LogP contribution in [-0.4, -0.2) is 79.3 Å². The van der Waals surface area contributed by atoms with Crippen LogP contribution in [0.5, 0.6) is 0 Å². The Balaban J connectivity index is 1.71. The number of anilines is 1. The fourth-order valence-corrected chi connectivity index (χ4v) is 6.53. The summed E-state index contributed by atoms with van der Waals surface area (Å²) >= 11 is 1.23. The zero-order valence-electron chi connectivity index (χ0n) is 27.7. The van der Waals surface area contributed by atoms with E-state index in [0.717, 1.165) is 10.6 Å². The highest BCUT2D eigenvalue weighted by molar-refractivity contribution is 7.92. The van der Waals surface area contributed by atoms with Gasteiger partial charge >= 0.3 is 0 Å². The minimum absolute atomic E-state index is 0.0322. The van der Waals surface area contributed by atoms with Crippen LogP contribution in [0, 0.1) is 18.8 Å². The number of carbonyl (C=O) groups is 4. The lowest BCUT2D eigenvalue weighted by molar-refractivity contribution is -0.122. The van der Waals surface area contributed by atoms with Gasteiger partial charge in [0, 0.05) is 30.6 Å². The number of benzene rings is 1. The second-order valence-corrected chi connectivity index (χ2v) is 15.3. The minimum atomic E-state index is -3.52. The zero-order valence-corrected chi connectivity index (χ0v) is 29.3. The quantitative estimate of drug-likeness (QED) is 0.363. The molecule has 3 atom stereocenters. The molecule has 2 aromatic heterocycles. The molecule has 0 aliphatic carbocycles. The smallest absolute Gasteiger partial charge is 0.273 e. The predicted molar refractivity (Wildman–Crippen MR) is 177 cm³/mol. The molecule has 0 saturated carbocycles. The van der Waals surface area contributed by atoms with Crippen molar-refractivity contribution in [2.45, 2.75) is 59.7 Å². The van der Waals surface area contributed by atoms with Gasteiger partial charge in [0.1, 0.15) is 22.5 Å². The van der Waals surface area contributed by atoms with Gasteiger partial charge in [0.05, 0.1) is 24.5 Å². The zero-order chi connectivity index (χ0) is 34.8. The number of nitrogens with zero attached hydrogens (tertiary/aromatic N) is 4. The number of hydrogen-bond acceptors (Lipinski definition) is 10. The highest BCUT2D eigenvalue weighted by Gasteiger charge is 2.31. The van der Waals surface area contributed by atoms with Gasteiger partial charge in [-0.25, -0.2) is 18.4 Å². The Morgan fingerprint density at radius 1 is 1.00 bits per heavy atom. The van der Waals surface area contributed by atoms with Gasteiger partial charge in [-0.2, -0.15) is 0 Å². The van der Waals surface area contributed by atoms with Crippen molar-refractivity contribution in [2.75, 3.05) is 30.7 Å². The average molecular weight is 688 g/mol. The number of thiazole rings is 1. The largest absolute Gasteiger partial charge is 0.443 e. The predicted octanol–water partition coefficient (Wildman–Crippen LogP) is 3.05. The second-order valence-electron chi connectivity index (χ2n) is 12.3. The first kappa shape index (κ1) is 35.5. The summed E-state index contributed by atoms with van der Waals surface area (Å²) in [6, 6.07) is 4.14. The molecule has 3 heterocycles. The molecule has 0 unspecified atom stereocenters. The summed E-state index contributed by atoms with van der Waals surface area (Å²) in [5.41, 5.74) is 0.774. The van der Waals surface area contributed by atoms with Gasteiger partial charge in [0.2, 0.25) is 21.8 Å². The molecule has 0 radical (unpaired) electrons. The number of nitrogens with one attached hydrogen (secondary N) is 3. The van der Waals surface area contributed by atoms with Crippen LogP contribution in [0.25, 0.3) is 0 Å². The molecule has 4 rings (SSSR count). The Hall–Kier alpha value is -4.31. The van der Waals surface area contributed by atoms with Gasteiger partial charge in [0.15, 0.2) is 5.69 Å². The number of oxazole rings is 1. The molecule has 1 aliphatic heterocycles. The first-order valence-corrected chi connectivity index (χ1v) is 17.9. The van der Waals surface area contributed by atoms with Crippen molar-refractivity contribution >= 4 is 50.7 Å². The molecule has 14 nitrogen and oxygen atoms in total. The van der Waals surface area contributed by atoms with Crippen molar-refractivity contribution in [3.8, 4) is 0 Å². The van der Waals surface area contributed by atoms with Crippen molar-refractivity contribution in [1.82, 2.24) is 30.8 Å². The molecule has 4 bridgehead atoms. The lowest BCUT2D eigenvalue weighted by Crippen LogP contribution is -2.48. The van der Waals surface area contributed by atoms with Crippen LogP contribution in [0.15, 0.2) is 34.1 Å². The molecule has 254 valence electrons. The minimum Gasteiger partial charge on any atom is -0.443 e. The van der Waals surface area contributed by atoms with Gasteiger partial charge in [-0.1, -0.05) is 27.7 Å². The van der Waals surface area contributed by atoms with Crippen LogP contribution >= 0.6 is 11.3 Å². The Morgan fingerprint density at radius 2 is 1.64 bits per heavy atom. The molecule has 16 heteroatoms. The van der Waals surface area contributed by atoms with E-state index in [0.29, 0.717) is 10.7 Å². The van der Waals surface area contributed by atoms with E-state index in [2.05, 4.69) is 25.9 Å². The van der Waals surface area contributed by atoms with E-state index in [9.17, 15) is 27.6 Å². The van der Waals surface area contributed by atoms with Gasteiger partial charge in [0.25, 0.3) is 17.7 Å². The number of sulfonamides is 1. The van der Waals surface area contributed by atoms with Crippen molar-refractivity contribution < 1.29 is 32.0 Å². The molecule has 1 aromatic carbocycles. The topological polar surface area (TPSA) is 184 Å². The molecule has 0 fully saturated rings. The van der Waals surface area contributed by atoms with Crippen LogP contribution in [0.3, 0.4) is 0 Å². The van der Waals surface area contributed by atoms with Crippen molar-refractivity contribution in [3.05, 3.63) is 63.3 Å². The Bertz CT molecular complexity index is 1750. The molecular formula is C31H41N7O7S2. The third-order valence-corrected chi connectivity index (χ3v) is 9.85. The number of fused-ring (bicyclic) bond motifs is 4. The van der Waals surface area contributed by atoms with E-state index < -0.39 is 51.8 Å². The van der Waals surface area contributed by atoms with Gasteiger partial charge < -0.3 is 25.3 Å². The Labute approximate surface area is 278 Å². The van der Waals surface area contributed by atoms with E-state index in [4.69, 9.17) is 4.42 Å². The van der Waals surface area contributed by atoms with Crippen LogP contribution in [0.4, 0.5) is 5.69 Å². The highest BCUT2D eigenvalue weighted by Crippen LogP contribution is 2.28. The standard InChI is InChI=1S/C31H41N7O7S2/c1-16(2)24-29-36-26(19(6)45-29)28(41)32-18(5)13-38(31(42)20-9-11-21(12-10-20)37(7)47(8,43)44)14-23(39)34-25(17(3)4)30-33-22(15-46-30)27(40)35-24/h9-12,15-18,24-25H,13-14H2,1-8H3,(H,32,41)(H,34,39)(H,35,40)/t18-,24-,25+/m1/s1. The maximum atomic E-state index is 13.8. The summed E-state index contributed by atoms with van der Waals surface area (Å²) in [4.78, 5) is 64.2. The van der Waals surface area contributed by atoms with Crippen molar-refractivity contribution in [2.24, 2.45) is 11.8 Å². The van der Waals surface area contributed by atoms with Gasteiger partial charge in [-0.3, -0.25) is 23.5 Å². The summed E-state index contributed by atoms with van der Waals surface area (Å²) < 4.78 is 30.9. The summed E-state index contributed by atoms with van der Waals surface area (Å²) in [5, 5.41) is 10.9. The number of hydrogen-bond donors (Lipinski definition) is 3. The average Bonchev–Trinajstić information content (AvgIpc) is 3.63. The van der Waals surface area contributed by atoms with E-state index in [-0.39, 0.29) is 53.5 Å². The molecule has 47 heavy (non-hydrogen) atoms. The van der Waals surface area contributed by atoms with Crippen LogP contribution in [0.1, 0.15) is 94.7 Å². The van der Waals surface area contributed by atoms with Gasteiger partial charge in [-0.15, -0.1) is 11.3 Å². The van der Waals surface area contributed by atoms with E-state index in [1.54, 1.807) is 19.2 Å². The summed E-state index contributed by atoms with van der Waals surface area (Å²) in [6.07, 6.45) is 1.07. The third-order valence-electron chi connectivity index (χ3n) is 7.72. The first-order chi connectivity index (χ1) is 22.0. The van der Waals surface area contributed by atoms with Crippen LogP contribution in [0.2, 0.25) is 0 Å². The lowest BCUT2D eigenvalue weighted by Gasteiger charge is -2.28.